The predicted octanol–water partition coefficient (Wildman–Crippen LogP) is 6.25. The van der Waals surface area contributed by atoms with E-state index in [0.717, 1.165) is 51.4 Å². The molecule has 8 nitrogen and oxygen atoms in total. The van der Waals surface area contributed by atoms with Crippen LogP contribution in [0.15, 0.2) is 48.5 Å². The van der Waals surface area contributed by atoms with E-state index >= 15 is 0 Å². The topological polar surface area (TPSA) is 119 Å². The van der Waals surface area contributed by atoms with Crippen molar-refractivity contribution in [2.75, 3.05) is 6.54 Å². The van der Waals surface area contributed by atoms with Gasteiger partial charge in [-0.15, -0.1) is 0 Å². The van der Waals surface area contributed by atoms with Gasteiger partial charge in [0, 0.05) is 45.4 Å². The van der Waals surface area contributed by atoms with Crippen LogP contribution < -0.4 is 22.3 Å². The first-order valence-electron chi connectivity index (χ1n) is 13.7. The molecular formula is C30H40CoN8. The van der Waals surface area contributed by atoms with Crippen LogP contribution in [0, 0.1) is 0 Å². The molecule has 2 aliphatic heterocycles. The van der Waals surface area contributed by atoms with Gasteiger partial charge in [-0.25, -0.2) is 15.4 Å². The zero-order chi connectivity index (χ0) is 26.4. The molecule has 1 radical (unpaired) electrons. The number of hydrogen-bond acceptors (Lipinski definition) is 6. The molecule has 0 unspecified atom stereocenters. The van der Waals surface area contributed by atoms with Gasteiger partial charge >= 0.3 is 0 Å². The SMILES string of the molecule is C1=Cc2cc3ccc(cc4nc(cc5ccc(cc1n2)[nH]5)C=C4)[nH]3.CCCCCCCCCCNNNN.[Co]. The fourth-order valence-corrected chi connectivity index (χ4v) is 4.40. The minimum atomic E-state index is 0. The Morgan fingerprint density at radius 2 is 1.00 bits per heavy atom. The number of unbranched alkanes of at least 4 members (excludes halogenated alkanes) is 7. The number of aromatic nitrogens is 4. The quantitative estimate of drug-likeness (QED) is 0.0634. The molecule has 0 saturated heterocycles. The van der Waals surface area contributed by atoms with E-state index in [9.17, 15) is 0 Å². The molecule has 0 amide bonds. The number of hydrazine groups is 3. The first-order valence-corrected chi connectivity index (χ1v) is 13.7. The van der Waals surface area contributed by atoms with Gasteiger partial charge in [0.05, 0.1) is 22.8 Å². The molecule has 0 aromatic carbocycles. The van der Waals surface area contributed by atoms with Crippen molar-refractivity contribution in [3.63, 3.8) is 0 Å². The maximum atomic E-state index is 5.01. The van der Waals surface area contributed by atoms with Crippen LogP contribution in [-0.4, -0.2) is 26.5 Å². The summed E-state index contributed by atoms with van der Waals surface area (Å²) < 4.78 is 0. The Morgan fingerprint density at radius 3 is 1.38 bits per heavy atom. The summed E-state index contributed by atoms with van der Waals surface area (Å²) in [6, 6.07) is 16.4. The van der Waals surface area contributed by atoms with Gasteiger partial charge in [-0.2, -0.15) is 11.1 Å². The third kappa shape index (κ3) is 10.6. The molecule has 39 heavy (non-hydrogen) atoms. The van der Waals surface area contributed by atoms with E-state index in [1.54, 1.807) is 0 Å². The summed E-state index contributed by atoms with van der Waals surface area (Å²) in [6.07, 6.45) is 18.9. The molecule has 3 aromatic rings. The summed E-state index contributed by atoms with van der Waals surface area (Å²) >= 11 is 0. The molecule has 5 heterocycles. The minimum Gasteiger partial charge on any atom is -0.355 e. The number of nitrogens with one attached hydrogen (secondary N) is 5. The van der Waals surface area contributed by atoms with Gasteiger partial charge in [0.25, 0.3) is 0 Å². The number of aromatic amines is 2. The van der Waals surface area contributed by atoms with Crippen LogP contribution in [0.5, 0.6) is 0 Å². The van der Waals surface area contributed by atoms with Crippen LogP contribution in [0.1, 0.15) is 81.1 Å². The summed E-state index contributed by atoms with van der Waals surface area (Å²) in [5, 5.41) is 0. The van der Waals surface area contributed by atoms with Crippen molar-refractivity contribution in [3.05, 3.63) is 71.3 Å². The predicted molar refractivity (Wildman–Crippen MR) is 160 cm³/mol. The molecule has 209 valence electrons. The van der Waals surface area contributed by atoms with Gasteiger partial charge in [0.2, 0.25) is 0 Å². The minimum absolute atomic E-state index is 0. The smallest absolute Gasteiger partial charge is 0.0658 e. The summed E-state index contributed by atoms with van der Waals surface area (Å²) in [6.45, 7) is 3.23. The van der Waals surface area contributed by atoms with Crippen molar-refractivity contribution in [2.24, 2.45) is 5.84 Å². The van der Waals surface area contributed by atoms with E-state index in [4.69, 9.17) is 5.84 Å². The van der Waals surface area contributed by atoms with Crippen LogP contribution >= 0.6 is 0 Å². The van der Waals surface area contributed by atoms with Crippen LogP contribution in [-0.2, 0) is 16.8 Å². The summed E-state index contributed by atoms with van der Waals surface area (Å²) in [4.78, 5) is 16.0. The van der Waals surface area contributed by atoms with E-state index in [0.29, 0.717) is 0 Å². The average molecular weight is 572 g/mol. The van der Waals surface area contributed by atoms with Crippen LogP contribution in [0.2, 0.25) is 0 Å². The Morgan fingerprint density at radius 1 is 0.615 bits per heavy atom. The molecule has 9 heteroatoms. The second-order valence-electron chi connectivity index (χ2n) is 9.58. The van der Waals surface area contributed by atoms with Gasteiger partial charge in [-0.1, -0.05) is 51.9 Å². The Labute approximate surface area is 241 Å². The van der Waals surface area contributed by atoms with Crippen molar-refractivity contribution >= 4 is 46.4 Å². The molecule has 0 fully saturated rings. The van der Waals surface area contributed by atoms with Gasteiger partial charge in [0.1, 0.15) is 0 Å². The van der Waals surface area contributed by atoms with Crippen molar-refractivity contribution in [3.8, 4) is 0 Å². The normalized spacial score (nSPS) is 11.6. The number of H-pyrrole nitrogens is 2. The molecule has 0 aliphatic carbocycles. The second-order valence-corrected chi connectivity index (χ2v) is 9.58. The van der Waals surface area contributed by atoms with Crippen LogP contribution in [0.4, 0.5) is 0 Å². The Balaban J connectivity index is 0.000000245. The zero-order valence-electron chi connectivity index (χ0n) is 22.6. The van der Waals surface area contributed by atoms with Crippen molar-refractivity contribution in [2.45, 2.75) is 58.3 Å². The molecule has 8 bridgehead atoms. The molecule has 0 atom stereocenters. The molecular weight excluding hydrogens is 531 g/mol. The van der Waals surface area contributed by atoms with Crippen molar-refractivity contribution in [1.82, 2.24) is 36.4 Å². The molecule has 3 aromatic heterocycles. The Hall–Kier alpha value is -3.05. The monoisotopic (exact) mass is 571 g/mol. The third-order valence-corrected chi connectivity index (χ3v) is 6.36. The van der Waals surface area contributed by atoms with Crippen LogP contribution in [0.25, 0.3) is 46.4 Å². The molecule has 5 rings (SSSR count). The average Bonchev–Trinajstić information content (AvgIpc) is 3.72. The standard InChI is InChI=1S/C20H14N4.C10H26N4.Co/c1-2-14-10-16-5-6-18(23-16)12-20-8-7-19(24-20)11-17-4-3-15(22-17)9-13(1)21-14;1-2-3-4-5-6-7-8-9-10-12-14-13-11;/h1-12,21,24H;12-14H,2-11H2,1H3;. The summed E-state index contributed by atoms with van der Waals surface area (Å²) in [5.74, 6) is 5.01. The fraction of sp³-hybridized carbons (Fsp3) is 0.333. The fourth-order valence-electron chi connectivity index (χ4n) is 4.40. The molecule has 0 saturated carbocycles. The van der Waals surface area contributed by atoms with Gasteiger partial charge in [-0.05, 0) is 79.3 Å². The number of hydrogen-bond donors (Lipinski definition) is 6. The first kappa shape index (κ1) is 30.5. The van der Waals surface area contributed by atoms with Gasteiger partial charge < -0.3 is 9.97 Å². The van der Waals surface area contributed by atoms with Crippen LogP contribution in [0.3, 0.4) is 0 Å². The molecule has 7 N–H and O–H groups in total. The Bertz CT molecular complexity index is 1190. The second kappa shape index (κ2) is 16.8. The van der Waals surface area contributed by atoms with Gasteiger partial charge in [-0.3, -0.25) is 5.84 Å². The summed E-state index contributed by atoms with van der Waals surface area (Å²) in [5.41, 5.74) is 15.8. The summed E-state index contributed by atoms with van der Waals surface area (Å²) in [7, 11) is 0. The first-order chi connectivity index (χ1) is 18.7. The maximum absolute atomic E-state index is 5.01. The number of fused-ring (bicyclic) bond motifs is 8. The zero-order valence-corrected chi connectivity index (χ0v) is 23.6. The van der Waals surface area contributed by atoms with Crippen molar-refractivity contribution in [1.29, 1.82) is 0 Å². The number of nitrogens with two attached hydrogens (primary N) is 1. The number of nitrogens with zero attached hydrogens (tertiary/aromatic N) is 2. The Kier molecular flexibility index (Phi) is 13.1. The van der Waals surface area contributed by atoms with E-state index in [1.807, 2.05) is 48.6 Å². The largest absolute Gasteiger partial charge is 0.355 e. The van der Waals surface area contributed by atoms with E-state index < -0.39 is 0 Å². The maximum Gasteiger partial charge on any atom is 0.0658 e. The molecule has 0 spiro atoms. The van der Waals surface area contributed by atoms with Gasteiger partial charge in [0.15, 0.2) is 0 Å². The van der Waals surface area contributed by atoms with E-state index in [-0.39, 0.29) is 16.8 Å². The number of rotatable bonds is 11. The molecule has 2 aliphatic rings. The van der Waals surface area contributed by atoms with E-state index in [1.165, 1.54) is 51.4 Å². The van der Waals surface area contributed by atoms with Crippen molar-refractivity contribution < 1.29 is 16.8 Å². The third-order valence-electron chi connectivity index (χ3n) is 6.36. The van der Waals surface area contributed by atoms with E-state index in [2.05, 4.69) is 67.6 Å².